The number of aryl methyl sites for hydroxylation is 1. The maximum atomic E-state index is 10.6. The summed E-state index contributed by atoms with van der Waals surface area (Å²) in [6.45, 7) is 7.07. The zero-order valence-corrected chi connectivity index (χ0v) is 10.7. The van der Waals surface area contributed by atoms with Crippen LogP contribution in [0.1, 0.15) is 33.0 Å². The summed E-state index contributed by atoms with van der Waals surface area (Å²) in [5.74, 6) is -0.195. The van der Waals surface area contributed by atoms with Crippen molar-refractivity contribution in [3.8, 4) is 0 Å². The molecule has 1 aromatic heterocycles. The molecule has 0 bridgehead atoms. The Morgan fingerprint density at radius 2 is 2.12 bits per heavy atom. The van der Waals surface area contributed by atoms with Crippen LogP contribution >= 0.6 is 0 Å². The Morgan fingerprint density at radius 1 is 1.47 bits per heavy atom. The van der Waals surface area contributed by atoms with E-state index < -0.39 is 5.97 Å². The number of nitrogens with zero attached hydrogens (tertiary/aromatic N) is 5. The SMILES string of the molecule is Cn1nnc(CN(CCC(=O)O)C(C)(C)C)n1. The van der Waals surface area contributed by atoms with Gasteiger partial charge in [-0.05, 0) is 26.0 Å². The fourth-order valence-corrected chi connectivity index (χ4v) is 1.44. The van der Waals surface area contributed by atoms with E-state index in [1.165, 1.54) is 4.80 Å². The predicted molar refractivity (Wildman–Crippen MR) is 61.2 cm³/mol. The summed E-state index contributed by atoms with van der Waals surface area (Å²) in [7, 11) is 1.70. The lowest BCUT2D eigenvalue weighted by Gasteiger charge is -2.34. The van der Waals surface area contributed by atoms with Crippen molar-refractivity contribution in [3.05, 3.63) is 5.82 Å². The van der Waals surface area contributed by atoms with Crippen LogP contribution in [0.15, 0.2) is 0 Å². The quantitative estimate of drug-likeness (QED) is 0.797. The maximum Gasteiger partial charge on any atom is 0.304 e. The number of aliphatic carboxylic acids is 1. The summed E-state index contributed by atoms with van der Waals surface area (Å²) >= 11 is 0. The average Bonchev–Trinajstić information content (AvgIpc) is 2.56. The molecular formula is C10H19N5O2. The molecule has 0 aliphatic carbocycles. The third-order valence-electron chi connectivity index (χ3n) is 2.43. The minimum atomic E-state index is -0.800. The highest BCUT2D eigenvalue weighted by Gasteiger charge is 2.23. The average molecular weight is 241 g/mol. The molecule has 0 unspecified atom stereocenters. The molecule has 1 heterocycles. The predicted octanol–water partition coefficient (Wildman–Crippen LogP) is 0.285. The fourth-order valence-electron chi connectivity index (χ4n) is 1.44. The summed E-state index contributed by atoms with van der Waals surface area (Å²) in [5.41, 5.74) is -0.130. The van der Waals surface area contributed by atoms with E-state index in [2.05, 4.69) is 15.4 Å². The Bertz CT molecular complexity index is 382. The van der Waals surface area contributed by atoms with Crippen LogP contribution in [0, 0.1) is 0 Å². The van der Waals surface area contributed by atoms with Crippen LogP contribution < -0.4 is 0 Å². The number of carboxylic acid groups (broad SMARTS) is 1. The van der Waals surface area contributed by atoms with Gasteiger partial charge >= 0.3 is 5.97 Å². The molecule has 0 saturated carbocycles. The maximum absolute atomic E-state index is 10.6. The van der Waals surface area contributed by atoms with Gasteiger partial charge in [-0.25, -0.2) is 0 Å². The van der Waals surface area contributed by atoms with Gasteiger partial charge in [0.2, 0.25) is 0 Å². The molecular weight excluding hydrogens is 222 g/mol. The fraction of sp³-hybridized carbons (Fsp3) is 0.800. The topological polar surface area (TPSA) is 84.1 Å². The van der Waals surface area contributed by atoms with E-state index >= 15 is 0 Å². The monoisotopic (exact) mass is 241 g/mol. The van der Waals surface area contributed by atoms with Gasteiger partial charge in [-0.2, -0.15) is 4.80 Å². The van der Waals surface area contributed by atoms with Gasteiger partial charge in [-0.3, -0.25) is 9.69 Å². The van der Waals surface area contributed by atoms with Crippen molar-refractivity contribution in [1.82, 2.24) is 25.1 Å². The minimum Gasteiger partial charge on any atom is -0.481 e. The minimum absolute atomic E-state index is 0.109. The molecule has 0 saturated heterocycles. The molecule has 0 radical (unpaired) electrons. The van der Waals surface area contributed by atoms with Crippen molar-refractivity contribution in [1.29, 1.82) is 0 Å². The molecule has 1 aromatic rings. The van der Waals surface area contributed by atoms with Gasteiger partial charge < -0.3 is 5.11 Å². The molecule has 0 atom stereocenters. The number of hydrogen-bond donors (Lipinski definition) is 1. The highest BCUT2D eigenvalue weighted by atomic mass is 16.4. The Hall–Kier alpha value is -1.50. The summed E-state index contributed by atoms with van der Waals surface area (Å²) in [4.78, 5) is 14.0. The third kappa shape index (κ3) is 4.48. The van der Waals surface area contributed by atoms with E-state index in [4.69, 9.17) is 5.11 Å². The van der Waals surface area contributed by atoms with Crippen molar-refractivity contribution < 1.29 is 9.90 Å². The van der Waals surface area contributed by atoms with E-state index in [0.717, 1.165) is 0 Å². The normalized spacial score (nSPS) is 12.1. The van der Waals surface area contributed by atoms with Gasteiger partial charge in [-0.15, -0.1) is 10.2 Å². The molecule has 0 fully saturated rings. The second-order valence-electron chi connectivity index (χ2n) is 4.93. The van der Waals surface area contributed by atoms with Crippen LogP contribution in [-0.2, 0) is 18.4 Å². The van der Waals surface area contributed by atoms with Crippen molar-refractivity contribution in [3.63, 3.8) is 0 Å². The van der Waals surface area contributed by atoms with Crippen LogP contribution in [0.5, 0.6) is 0 Å². The zero-order valence-electron chi connectivity index (χ0n) is 10.7. The first-order valence-corrected chi connectivity index (χ1v) is 5.49. The highest BCUT2D eigenvalue weighted by molar-refractivity contribution is 5.66. The lowest BCUT2D eigenvalue weighted by molar-refractivity contribution is -0.137. The summed E-state index contributed by atoms with van der Waals surface area (Å²) in [6.07, 6.45) is 0.109. The van der Waals surface area contributed by atoms with Crippen LogP contribution in [-0.4, -0.2) is 48.3 Å². The molecule has 96 valence electrons. The second-order valence-corrected chi connectivity index (χ2v) is 4.93. The third-order valence-corrected chi connectivity index (χ3v) is 2.43. The van der Waals surface area contributed by atoms with E-state index in [0.29, 0.717) is 18.9 Å². The number of hydrogen-bond acceptors (Lipinski definition) is 5. The molecule has 17 heavy (non-hydrogen) atoms. The summed E-state index contributed by atoms with van der Waals surface area (Å²) < 4.78 is 0. The van der Waals surface area contributed by atoms with Crippen molar-refractivity contribution in [2.24, 2.45) is 7.05 Å². The molecule has 1 rings (SSSR count). The molecule has 0 spiro atoms. The summed E-state index contributed by atoms with van der Waals surface area (Å²) in [6, 6.07) is 0. The first kappa shape index (κ1) is 13.6. The first-order valence-electron chi connectivity index (χ1n) is 5.49. The standard InChI is InChI=1S/C10H19N5O2/c1-10(2,3)15(6-5-9(16)17)7-8-11-13-14(4)12-8/h5-7H2,1-4H3,(H,16,17). The Balaban J connectivity index is 2.67. The van der Waals surface area contributed by atoms with Gasteiger partial charge in [0.15, 0.2) is 5.82 Å². The Kier molecular flexibility index (Phi) is 4.17. The Labute approximate surface area is 100 Å². The van der Waals surface area contributed by atoms with Gasteiger partial charge in [0.05, 0.1) is 20.0 Å². The van der Waals surface area contributed by atoms with Gasteiger partial charge in [0.1, 0.15) is 0 Å². The van der Waals surface area contributed by atoms with Gasteiger partial charge in [0.25, 0.3) is 0 Å². The largest absolute Gasteiger partial charge is 0.481 e. The number of carboxylic acids is 1. The molecule has 0 aliphatic heterocycles. The summed E-state index contributed by atoms with van der Waals surface area (Å²) in [5, 5.41) is 20.5. The van der Waals surface area contributed by atoms with Crippen molar-refractivity contribution in [2.45, 2.75) is 39.3 Å². The van der Waals surface area contributed by atoms with Crippen LogP contribution in [0.2, 0.25) is 0 Å². The highest BCUT2D eigenvalue weighted by Crippen LogP contribution is 2.15. The van der Waals surface area contributed by atoms with E-state index in [1.54, 1.807) is 7.05 Å². The lowest BCUT2D eigenvalue weighted by atomic mass is 10.1. The second kappa shape index (κ2) is 5.22. The molecule has 0 aromatic carbocycles. The first-order chi connectivity index (χ1) is 7.79. The van der Waals surface area contributed by atoms with Crippen LogP contribution in [0.3, 0.4) is 0 Å². The van der Waals surface area contributed by atoms with Crippen LogP contribution in [0.25, 0.3) is 0 Å². The lowest BCUT2D eigenvalue weighted by Crippen LogP contribution is -2.42. The molecule has 1 N–H and O–H groups in total. The molecule has 0 aliphatic rings. The number of carbonyl (C=O) groups is 1. The van der Waals surface area contributed by atoms with E-state index in [-0.39, 0.29) is 12.0 Å². The number of aromatic nitrogens is 4. The van der Waals surface area contributed by atoms with E-state index in [1.807, 2.05) is 25.7 Å². The number of rotatable bonds is 5. The molecule has 7 heteroatoms. The Morgan fingerprint density at radius 3 is 2.53 bits per heavy atom. The molecule has 0 amide bonds. The van der Waals surface area contributed by atoms with Crippen molar-refractivity contribution in [2.75, 3.05) is 6.54 Å². The zero-order chi connectivity index (χ0) is 13.1. The smallest absolute Gasteiger partial charge is 0.304 e. The van der Waals surface area contributed by atoms with Crippen LogP contribution in [0.4, 0.5) is 0 Å². The van der Waals surface area contributed by atoms with Crippen molar-refractivity contribution >= 4 is 5.97 Å². The number of tetrazole rings is 1. The van der Waals surface area contributed by atoms with E-state index in [9.17, 15) is 4.79 Å². The molecule has 7 nitrogen and oxygen atoms in total. The van der Waals surface area contributed by atoms with Gasteiger partial charge in [0, 0.05) is 12.1 Å². The van der Waals surface area contributed by atoms with Gasteiger partial charge in [-0.1, -0.05) is 0 Å².